The fourth-order valence-corrected chi connectivity index (χ4v) is 4.56. The normalized spacial score (nSPS) is 23.2. The summed E-state index contributed by atoms with van der Waals surface area (Å²) in [5.74, 6) is 1.15. The van der Waals surface area contributed by atoms with E-state index in [1.807, 2.05) is 43.3 Å². The molecule has 1 amide bonds. The second-order valence-corrected chi connectivity index (χ2v) is 8.37. The Morgan fingerprint density at radius 3 is 2.93 bits per heavy atom. The zero-order valence-electron chi connectivity index (χ0n) is 16.5. The van der Waals surface area contributed by atoms with Gasteiger partial charge in [0, 0.05) is 17.5 Å². The Labute approximate surface area is 179 Å². The average molecular weight is 416 g/mol. The lowest BCUT2D eigenvalue weighted by Gasteiger charge is -2.07. The summed E-state index contributed by atoms with van der Waals surface area (Å²) in [4.78, 5) is 22.2. The second kappa shape index (κ2) is 7.95. The lowest BCUT2D eigenvalue weighted by atomic mass is 10.1. The highest BCUT2D eigenvalue weighted by Crippen LogP contribution is 2.44. The van der Waals surface area contributed by atoms with Crippen molar-refractivity contribution < 1.29 is 9.53 Å². The number of hydrogen-bond acceptors (Lipinski definition) is 5. The molecule has 2 fully saturated rings. The molecule has 30 heavy (non-hydrogen) atoms. The molecular weight excluding hydrogens is 394 g/mol. The van der Waals surface area contributed by atoms with Gasteiger partial charge in [0.05, 0.1) is 23.1 Å². The standard InChI is InChI=1S/C24H21N3O2S/c1-2-29-21-10-11-25-19-9-8-15(12-18(19)21)13-22-23(28)27-24(30-22)26-20-14-17(20)16-6-4-3-5-7-16/h3-13,17,20H,2,14H2,1H3,(H,26,27,28)/b22-13-/t17?,20-/m0/s1. The third-order valence-corrected chi connectivity index (χ3v) is 6.17. The molecule has 1 aliphatic heterocycles. The number of aliphatic imine (C=N–C) groups is 1. The minimum Gasteiger partial charge on any atom is -0.493 e. The molecule has 0 spiro atoms. The number of pyridine rings is 1. The predicted molar refractivity (Wildman–Crippen MR) is 122 cm³/mol. The van der Waals surface area contributed by atoms with E-state index in [0.717, 1.165) is 28.6 Å². The SMILES string of the molecule is CCOc1ccnc2ccc(/C=C3\SC(=N[C@H]4CC4c4ccccc4)NC3=O)cc12. The summed E-state index contributed by atoms with van der Waals surface area (Å²) in [5.41, 5.74) is 3.12. The van der Waals surface area contributed by atoms with Crippen LogP contribution in [0.2, 0.25) is 0 Å². The van der Waals surface area contributed by atoms with Crippen LogP contribution < -0.4 is 10.1 Å². The third kappa shape index (κ3) is 3.83. The van der Waals surface area contributed by atoms with Crippen LogP contribution in [0.3, 0.4) is 0 Å². The summed E-state index contributed by atoms with van der Waals surface area (Å²) in [6.45, 7) is 2.55. The van der Waals surface area contributed by atoms with E-state index in [4.69, 9.17) is 9.73 Å². The minimum atomic E-state index is -0.105. The molecule has 3 aromatic rings. The first-order valence-electron chi connectivity index (χ1n) is 10.1. The van der Waals surface area contributed by atoms with Crippen LogP contribution in [-0.2, 0) is 4.79 Å². The van der Waals surface area contributed by atoms with E-state index >= 15 is 0 Å². The second-order valence-electron chi connectivity index (χ2n) is 7.34. The van der Waals surface area contributed by atoms with Gasteiger partial charge in [-0.15, -0.1) is 0 Å². The van der Waals surface area contributed by atoms with Crippen LogP contribution in [0.5, 0.6) is 5.75 Å². The van der Waals surface area contributed by atoms with Gasteiger partial charge in [0.1, 0.15) is 5.75 Å². The zero-order valence-corrected chi connectivity index (χ0v) is 17.4. The van der Waals surface area contributed by atoms with Crippen molar-refractivity contribution in [1.82, 2.24) is 10.3 Å². The van der Waals surface area contributed by atoms with E-state index in [1.165, 1.54) is 17.3 Å². The number of benzene rings is 2. The molecule has 5 rings (SSSR count). The van der Waals surface area contributed by atoms with Crippen molar-refractivity contribution in [2.75, 3.05) is 6.61 Å². The Bertz CT molecular complexity index is 1170. The summed E-state index contributed by atoms with van der Waals surface area (Å²) in [6, 6.07) is 18.5. The van der Waals surface area contributed by atoms with E-state index in [-0.39, 0.29) is 11.9 Å². The number of fused-ring (bicyclic) bond motifs is 1. The quantitative estimate of drug-likeness (QED) is 0.611. The Morgan fingerprint density at radius 1 is 1.23 bits per heavy atom. The Morgan fingerprint density at radius 2 is 2.10 bits per heavy atom. The van der Waals surface area contributed by atoms with E-state index in [0.29, 0.717) is 22.6 Å². The van der Waals surface area contributed by atoms with Crippen molar-refractivity contribution >= 4 is 39.8 Å². The maximum atomic E-state index is 12.5. The fourth-order valence-electron chi connectivity index (χ4n) is 3.68. The van der Waals surface area contributed by atoms with Crippen LogP contribution in [-0.4, -0.2) is 28.7 Å². The third-order valence-electron chi connectivity index (χ3n) is 5.24. The topological polar surface area (TPSA) is 63.6 Å². The van der Waals surface area contributed by atoms with E-state index < -0.39 is 0 Å². The van der Waals surface area contributed by atoms with Crippen LogP contribution in [0.4, 0.5) is 0 Å². The number of carbonyl (C=O) groups is 1. The van der Waals surface area contributed by atoms with E-state index in [1.54, 1.807) is 6.20 Å². The van der Waals surface area contributed by atoms with Gasteiger partial charge in [-0.25, -0.2) is 0 Å². The molecule has 2 heterocycles. The van der Waals surface area contributed by atoms with Crippen molar-refractivity contribution in [1.29, 1.82) is 0 Å². The van der Waals surface area contributed by atoms with Gasteiger partial charge in [-0.05, 0) is 60.5 Å². The Balaban J connectivity index is 1.35. The van der Waals surface area contributed by atoms with Gasteiger partial charge < -0.3 is 10.1 Å². The molecule has 1 aliphatic carbocycles. The van der Waals surface area contributed by atoms with Gasteiger partial charge in [-0.3, -0.25) is 14.8 Å². The number of nitrogens with zero attached hydrogens (tertiary/aromatic N) is 2. The highest BCUT2D eigenvalue weighted by atomic mass is 32.2. The average Bonchev–Trinajstić information content (AvgIpc) is 3.45. The molecule has 0 bridgehead atoms. The lowest BCUT2D eigenvalue weighted by molar-refractivity contribution is -0.115. The van der Waals surface area contributed by atoms with Gasteiger partial charge in [-0.2, -0.15) is 0 Å². The fraction of sp³-hybridized carbons (Fsp3) is 0.208. The van der Waals surface area contributed by atoms with Crippen LogP contribution in [0.25, 0.3) is 17.0 Å². The number of ether oxygens (including phenoxy) is 1. The Kier molecular flexibility index (Phi) is 5.01. The zero-order chi connectivity index (χ0) is 20.5. The molecular formula is C24H21N3O2S. The van der Waals surface area contributed by atoms with Crippen molar-refractivity contribution in [3.8, 4) is 5.75 Å². The van der Waals surface area contributed by atoms with Crippen LogP contribution in [0, 0.1) is 0 Å². The number of amidine groups is 1. The predicted octanol–water partition coefficient (Wildman–Crippen LogP) is 4.75. The monoisotopic (exact) mass is 415 g/mol. The molecule has 5 nitrogen and oxygen atoms in total. The molecule has 6 heteroatoms. The summed E-state index contributed by atoms with van der Waals surface area (Å²) in [5, 5.41) is 4.53. The van der Waals surface area contributed by atoms with Crippen LogP contribution >= 0.6 is 11.8 Å². The van der Waals surface area contributed by atoms with E-state index in [2.05, 4.69) is 34.6 Å². The molecule has 2 aromatic carbocycles. The smallest absolute Gasteiger partial charge is 0.264 e. The largest absolute Gasteiger partial charge is 0.493 e. The molecule has 150 valence electrons. The van der Waals surface area contributed by atoms with Crippen molar-refractivity contribution in [3.05, 3.63) is 76.8 Å². The van der Waals surface area contributed by atoms with Gasteiger partial charge in [0.25, 0.3) is 5.91 Å². The maximum Gasteiger partial charge on any atom is 0.264 e. The first-order chi connectivity index (χ1) is 14.7. The molecule has 0 radical (unpaired) electrons. The number of thioether (sulfide) groups is 1. The summed E-state index contributed by atoms with van der Waals surface area (Å²) < 4.78 is 5.72. The van der Waals surface area contributed by atoms with Gasteiger partial charge >= 0.3 is 0 Å². The highest BCUT2D eigenvalue weighted by Gasteiger charge is 2.39. The molecule has 1 unspecified atom stereocenters. The first-order valence-corrected chi connectivity index (χ1v) is 10.9. The van der Waals surface area contributed by atoms with Crippen molar-refractivity contribution in [2.24, 2.45) is 4.99 Å². The maximum absolute atomic E-state index is 12.5. The molecule has 2 atom stereocenters. The number of nitrogens with one attached hydrogen (secondary N) is 1. The molecule has 1 saturated carbocycles. The van der Waals surface area contributed by atoms with Gasteiger partial charge in [-0.1, -0.05) is 36.4 Å². The van der Waals surface area contributed by atoms with Crippen molar-refractivity contribution in [3.63, 3.8) is 0 Å². The Hall–Kier alpha value is -3.12. The molecule has 1 N–H and O–H groups in total. The minimum absolute atomic E-state index is 0.105. The number of hydrogen-bond donors (Lipinski definition) is 1. The lowest BCUT2D eigenvalue weighted by Crippen LogP contribution is -2.20. The summed E-state index contributed by atoms with van der Waals surface area (Å²) >= 11 is 1.40. The number of aromatic nitrogens is 1. The number of carbonyl (C=O) groups excluding carboxylic acids is 1. The van der Waals surface area contributed by atoms with Gasteiger partial charge in [0.15, 0.2) is 5.17 Å². The first kappa shape index (κ1) is 18.9. The van der Waals surface area contributed by atoms with Gasteiger partial charge in [0.2, 0.25) is 0 Å². The molecule has 1 aromatic heterocycles. The van der Waals surface area contributed by atoms with Crippen molar-refractivity contribution in [2.45, 2.75) is 25.3 Å². The number of amides is 1. The van der Waals surface area contributed by atoms with Crippen LogP contribution in [0.1, 0.15) is 30.4 Å². The highest BCUT2D eigenvalue weighted by molar-refractivity contribution is 8.18. The summed E-state index contributed by atoms with van der Waals surface area (Å²) in [6.07, 6.45) is 4.67. The van der Waals surface area contributed by atoms with Crippen LogP contribution in [0.15, 0.2) is 70.7 Å². The number of rotatable bonds is 5. The summed E-state index contributed by atoms with van der Waals surface area (Å²) in [7, 11) is 0. The molecule has 2 aliphatic rings. The van der Waals surface area contributed by atoms with E-state index in [9.17, 15) is 4.79 Å². The molecule has 1 saturated heterocycles.